The summed E-state index contributed by atoms with van der Waals surface area (Å²) in [5.74, 6) is 1.32. The summed E-state index contributed by atoms with van der Waals surface area (Å²) in [4.78, 5) is 16.2. The van der Waals surface area contributed by atoms with Gasteiger partial charge in [0, 0.05) is 23.7 Å². The van der Waals surface area contributed by atoms with Crippen molar-refractivity contribution in [2.24, 2.45) is 0 Å². The molecule has 6 nitrogen and oxygen atoms in total. The van der Waals surface area contributed by atoms with Crippen LogP contribution in [0.4, 0.5) is 0 Å². The number of nitrogens with one attached hydrogen (secondary N) is 3. The van der Waals surface area contributed by atoms with Gasteiger partial charge in [-0.2, -0.15) is 5.10 Å². The Bertz CT molecular complexity index is 576. The van der Waals surface area contributed by atoms with Crippen LogP contribution in [0.2, 0.25) is 0 Å². The maximum Gasteiger partial charge on any atom is 0.251 e. The number of aromatic amines is 1. The first kappa shape index (κ1) is 14.2. The standard InChI is InChI=1S/C14H19N5O/c1-9(15-3)8-16-14(20)12-6-4-11(5-7-12)13-17-10(2)18-19-13/h4-7,9,15H,8H2,1-3H3,(H,16,20)(H,17,18,19). The van der Waals surface area contributed by atoms with E-state index in [9.17, 15) is 4.79 Å². The zero-order valence-electron chi connectivity index (χ0n) is 11.9. The van der Waals surface area contributed by atoms with Crippen molar-refractivity contribution in [3.05, 3.63) is 35.7 Å². The van der Waals surface area contributed by atoms with Crippen molar-refractivity contribution in [3.8, 4) is 11.4 Å². The largest absolute Gasteiger partial charge is 0.350 e. The van der Waals surface area contributed by atoms with Crippen LogP contribution in [0, 0.1) is 6.92 Å². The molecule has 2 aromatic rings. The molecule has 0 aliphatic carbocycles. The number of carbonyl (C=O) groups excluding carboxylic acids is 1. The summed E-state index contributed by atoms with van der Waals surface area (Å²) in [7, 11) is 1.87. The third-order valence-corrected chi connectivity index (χ3v) is 3.06. The lowest BCUT2D eigenvalue weighted by Crippen LogP contribution is -2.37. The number of H-pyrrole nitrogens is 1. The Morgan fingerprint density at radius 3 is 2.60 bits per heavy atom. The van der Waals surface area contributed by atoms with Gasteiger partial charge >= 0.3 is 0 Å². The van der Waals surface area contributed by atoms with Gasteiger partial charge in [-0.1, -0.05) is 12.1 Å². The summed E-state index contributed by atoms with van der Waals surface area (Å²) in [6, 6.07) is 7.49. The van der Waals surface area contributed by atoms with Crippen molar-refractivity contribution in [1.29, 1.82) is 0 Å². The Hall–Kier alpha value is -2.21. The van der Waals surface area contributed by atoms with Gasteiger partial charge in [0.05, 0.1) is 0 Å². The average Bonchev–Trinajstić information content (AvgIpc) is 2.91. The zero-order chi connectivity index (χ0) is 14.5. The normalized spacial score (nSPS) is 12.2. The molecule has 3 N–H and O–H groups in total. The maximum absolute atomic E-state index is 11.9. The molecule has 20 heavy (non-hydrogen) atoms. The fraction of sp³-hybridized carbons (Fsp3) is 0.357. The van der Waals surface area contributed by atoms with Gasteiger partial charge in [-0.3, -0.25) is 9.89 Å². The van der Waals surface area contributed by atoms with Crippen LogP contribution < -0.4 is 10.6 Å². The molecule has 1 aromatic carbocycles. The minimum Gasteiger partial charge on any atom is -0.350 e. The van der Waals surface area contributed by atoms with Crippen molar-refractivity contribution in [3.63, 3.8) is 0 Å². The van der Waals surface area contributed by atoms with Gasteiger partial charge in [-0.05, 0) is 33.0 Å². The highest BCUT2D eigenvalue weighted by atomic mass is 16.1. The number of hydrogen-bond donors (Lipinski definition) is 3. The first-order valence-electron chi connectivity index (χ1n) is 6.55. The first-order chi connectivity index (χ1) is 9.60. The molecule has 1 heterocycles. The molecule has 0 fully saturated rings. The number of likely N-dealkylation sites (N-methyl/N-ethyl adjacent to an activating group) is 1. The molecule has 0 saturated heterocycles. The van der Waals surface area contributed by atoms with Crippen molar-refractivity contribution in [1.82, 2.24) is 25.8 Å². The van der Waals surface area contributed by atoms with Crippen molar-refractivity contribution >= 4 is 5.91 Å². The monoisotopic (exact) mass is 273 g/mol. The van der Waals surface area contributed by atoms with E-state index >= 15 is 0 Å². The Morgan fingerprint density at radius 2 is 2.05 bits per heavy atom. The van der Waals surface area contributed by atoms with Gasteiger partial charge in [0.2, 0.25) is 0 Å². The summed E-state index contributed by atoms with van der Waals surface area (Å²) in [5, 5.41) is 12.8. The summed E-state index contributed by atoms with van der Waals surface area (Å²) < 4.78 is 0. The van der Waals surface area contributed by atoms with Crippen LogP contribution in [-0.2, 0) is 0 Å². The second-order valence-corrected chi connectivity index (χ2v) is 4.72. The smallest absolute Gasteiger partial charge is 0.251 e. The molecule has 0 aliphatic heterocycles. The van der Waals surface area contributed by atoms with Crippen molar-refractivity contribution in [2.45, 2.75) is 19.9 Å². The quantitative estimate of drug-likeness (QED) is 0.762. The van der Waals surface area contributed by atoms with Crippen LogP contribution in [0.15, 0.2) is 24.3 Å². The van der Waals surface area contributed by atoms with E-state index in [2.05, 4.69) is 25.8 Å². The predicted molar refractivity (Wildman–Crippen MR) is 77.4 cm³/mol. The van der Waals surface area contributed by atoms with Gasteiger partial charge in [0.15, 0.2) is 5.82 Å². The highest BCUT2D eigenvalue weighted by Crippen LogP contribution is 2.15. The lowest BCUT2D eigenvalue weighted by Gasteiger charge is -2.11. The van der Waals surface area contributed by atoms with E-state index in [1.165, 1.54) is 0 Å². The predicted octanol–water partition coefficient (Wildman–Crippen LogP) is 1.12. The topological polar surface area (TPSA) is 82.7 Å². The van der Waals surface area contributed by atoms with Gasteiger partial charge in [-0.25, -0.2) is 4.98 Å². The Kier molecular flexibility index (Phi) is 4.47. The maximum atomic E-state index is 11.9. The number of amides is 1. The Labute approximate surface area is 118 Å². The summed E-state index contributed by atoms with van der Waals surface area (Å²) in [6.07, 6.45) is 0. The molecule has 1 amide bonds. The lowest BCUT2D eigenvalue weighted by molar-refractivity contribution is 0.0950. The third-order valence-electron chi connectivity index (χ3n) is 3.06. The molecule has 0 saturated carbocycles. The van der Waals surface area contributed by atoms with E-state index in [1.807, 2.05) is 33.0 Å². The van der Waals surface area contributed by atoms with Crippen molar-refractivity contribution < 1.29 is 4.79 Å². The van der Waals surface area contributed by atoms with Crippen molar-refractivity contribution in [2.75, 3.05) is 13.6 Å². The summed E-state index contributed by atoms with van der Waals surface area (Å²) in [5.41, 5.74) is 1.51. The molecule has 0 radical (unpaired) electrons. The lowest BCUT2D eigenvalue weighted by atomic mass is 10.1. The Balaban J connectivity index is 2.02. The van der Waals surface area contributed by atoms with Gasteiger partial charge < -0.3 is 10.6 Å². The molecule has 0 bridgehead atoms. The van der Waals surface area contributed by atoms with E-state index < -0.39 is 0 Å². The molecule has 0 spiro atoms. The van der Waals surface area contributed by atoms with Crippen LogP contribution >= 0.6 is 0 Å². The minimum absolute atomic E-state index is 0.0789. The van der Waals surface area contributed by atoms with E-state index in [-0.39, 0.29) is 11.9 Å². The van der Waals surface area contributed by atoms with Crippen LogP contribution in [0.5, 0.6) is 0 Å². The molecular weight excluding hydrogens is 254 g/mol. The van der Waals surface area contributed by atoms with Crippen LogP contribution in [-0.4, -0.2) is 40.7 Å². The number of nitrogens with zero attached hydrogens (tertiary/aromatic N) is 2. The summed E-state index contributed by atoms with van der Waals surface area (Å²) >= 11 is 0. The molecule has 106 valence electrons. The SMILES string of the molecule is CNC(C)CNC(=O)c1ccc(-c2n[nH]c(C)n2)cc1. The van der Waals surface area contributed by atoms with Crippen LogP contribution in [0.25, 0.3) is 11.4 Å². The number of benzene rings is 1. The molecule has 0 aliphatic rings. The molecular formula is C14H19N5O. The molecule has 1 aromatic heterocycles. The average molecular weight is 273 g/mol. The number of aryl methyl sites for hydroxylation is 1. The van der Waals surface area contributed by atoms with Gasteiger partial charge in [-0.15, -0.1) is 0 Å². The number of rotatable bonds is 5. The zero-order valence-corrected chi connectivity index (χ0v) is 11.9. The van der Waals surface area contributed by atoms with Crippen LogP contribution in [0.3, 0.4) is 0 Å². The van der Waals surface area contributed by atoms with Gasteiger partial charge in [0.1, 0.15) is 5.82 Å². The van der Waals surface area contributed by atoms with E-state index in [1.54, 1.807) is 12.1 Å². The van der Waals surface area contributed by atoms with E-state index in [0.717, 1.165) is 11.4 Å². The fourth-order valence-corrected chi connectivity index (χ4v) is 1.69. The third kappa shape index (κ3) is 3.42. The second-order valence-electron chi connectivity index (χ2n) is 4.72. The second kappa shape index (κ2) is 6.29. The summed E-state index contributed by atoms with van der Waals surface area (Å²) in [6.45, 7) is 4.45. The van der Waals surface area contributed by atoms with E-state index in [4.69, 9.17) is 0 Å². The Morgan fingerprint density at radius 1 is 1.35 bits per heavy atom. The number of carbonyl (C=O) groups is 1. The molecule has 1 unspecified atom stereocenters. The minimum atomic E-state index is -0.0789. The fourth-order valence-electron chi connectivity index (χ4n) is 1.69. The highest BCUT2D eigenvalue weighted by molar-refractivity contribution is 5.94. The number of aromatic nitrogens is 3. The van der Waals surface area contributed by atoms with Gasteiger partial charge in [0.25, 0.3) is 5.91 Å². The first-order valence-corrected chi connectivity index (χ1v) is 6.55. The van der Waals surface area contributed by atoms with E-state index in [0.29, 0.717) is 17.9 Å². The number of hydrogen-bond acceptors (Lipinski definition) is 4. The molecule has 6 heteroatoms. The highest BCUT2D eigenvalue weighted by Gasteiger charge is 2.08. The van der Waals surface area contributed by atoms with Crippen LogP contribution in [0.1, 0.15) is 23.1 Å². The molecule has 1 atom stereocenters. The molecule has 2 rings (SSSR count).